The summed E-state index contributed by atoms with van der Waals surface area (Å²) >= 11 is 4.88. The summed E-state index contributed by atoms with van der Waals surface area (Å²) in [6, 6.07) is 0. The Labute approximate surface area is 97.6 Å². The van der Waals surface area contributed by atoms with Crippen molar-refractivity contribution in [3.05, 3.63) is 12.2 Å². The molecule has 1 aromatic rings. The molecule has 7 heteroatoms. The molecule has 0 aliphatic heterocycles. The number of rotatable bonds is 5. The van der Waals surface area contributed by atoms with Crippen LogP contribution < -0.4 is 11.1 Å². The van der Waals surface area contributed by atoms with Crippen LogP contribution in [0, 0.1) is 5.41 Å². The molecule has 0 aromatic carbocycles. The molecule has 86 valence electrons. The number of carbonyl (C=O) groups excluding carboxylic acids is 1. The van der Waals surface area contributed by atoms with Crippen LogP contribution in [0.4, 0.5) is 0 Å². The van der Waals surface area contributed by atoms with Gasteiger partial charge in [-0.2, -0.15) is 4.98 Å². The molecule has 3 N–H and O–H groups in total. The molecule has 1 aliphatic rings. The van der Waals surface area contributed by atoms with Crippen LogP contribution in [0.2, 0.25) is 0 Å². The summed E-state index contributed by atoms with van der Waals surface area (Å²) in [5.41, 5.74) is 4.94. The Morgan fingerprint density at radius 3 is 2.94 bits per heavy atom. The molecule has 1 aliphatic carbocycles. The highest BCUT2D eigenvalue weighted by molar-refractivity contribution is 7.80. The largest absolute Gasteiger partial charge is 0.392 e. The summed E-state index contributed by atoms with van der Waals surface area (Å²) < 4.78 is 4.58. The molecule has 0 bridgehead atoms. The summed E-state index contributed by atoms with van der Waals surface area (Å²) in [6.07, 6.45) is 3.29. The van der Waals surface area contributed by atoms with Crippen molar-refractivity contribution in [2.24, 2.45) is 11.1 Å². The quantitative estimate of drug-likeness (QED) is 0.692. The first-order valence-corrected chi connectivity index (χ1v) is 5.39. The van der Waals surface area contributed by atoms with E-state index in [0.29, 0.717) is 18.8 Å². The van der Waals surface area contributed by atoms with Gasteiger partial charge in [0, 0.05) is 13.0 Å². The van der Waals surface area contributed by atoms with Gasteiger partial charge in [-0.15, -0.1) is 0 Å². The van der Waals surface area contributed by atoms with Gasteiger partial charge in [0.05, 0.1) is 10.4 Å². The molecule has 1 heterocycles. The highest BCUT2D eigenvalue weighted by Gasteiger charge is 2.52. The van der Waals surface area contributed by atoms with Gasteiger partial charge in [0.25, 0.3) is 0 Å². The molecule has 0 spiro atoms. The third kappa shape index (κ3) is 2.04. The lowest BCUT2D eigenvalue weighted by Gasteiger charge is -2.12. The Bertz CT molecular complexity index is 400. The van der Waals surface area contributed by atoms with Crippen molar-refractivity contribution in [1.82, 2.24) is 15.5 Å². The molecule has 16 heavy (non-hydrogen) atoms. The zero-order chi connectivity index (χ0) is 11.6. The van der Waals surface area contributed by atoms with E-state index in [0.717, 1.165) is 12.8 Å². The minimum absolute atomic E-state index is 0.0940. The van der Waals surface area contributed by atoms with Crippen LogP contribution in [0.15, 0.2) is 10.9 Å². The number of nitrogens with zero attached hydrogens (tertiary/aromatic N) is 2. The van der Waals surface area contributed by atoms with Crippen molar-refractivity contribution in [3.63, 3.8) is 0 Å². The number of carbonyl (C=O) groups is 1. The van der Waals surface area contributed by atoms with Crippen LogP contribution in [0.5, 0.6) is 0 Å². The van der Waals surface area contributed by atoms with E-state index < -0.39 is 5.41 Å². The molecule has 0 radical (unpaired) electrons. The Balaban J connectivity index is 1.79. The third-order valence-corrected chi connectivity index (χ3v) is 3.09. The fraction of sp³-hybridized carbons (Fsp3) is 0.556. The number of thiocarbonyl (C=S) groups is 1. The Hall–Kier alpha value is -1.50. The van der Waals surface area contributed by atoms with Crippen molar-refractivity contribution in [1.29, 1.82) is 0 Å². The van der Waals surface area contributed by atoms with Crippen molar-refractivity contribution < 1.29 is 9.32 Å². The minimum Gasteiger partial charge on any atom is -0.392 e. The lowest BCUT2D eigenvalue weighted by molar-refractivity contribution is -0.123. The monoisotopic (exact) mass is 240 g/mol. The van der Waals surface area contributed by atoms with Gasteiger partial charge in [-0.3, -0.25) is 4.79 Å². The summed E-state index contributed by atoms with van der Waals surface area (Å²) in [4.78, 5) is 15.9. The van der Waals surface area contributed by atoms with E-state index in [9.17, 15) is 4.79 Å². The van der Waals surface area contributed by atoms with Gasteiger partial charge in [-0.25, -0.2) is 0 Å². The fourth-order valence-electron chi connectivity index (χ4n) is 1.47. The molecule has 0 saturated heterocycles. The van der Waals surface area contributed by atoms with E-state index in [2.05, 4.69) is 20.0 Å². The highest BCUT2D eigenvalue weighted by Crippen LogP contribution is 2.46. The second kappa shape index (κ2) is 4.17. The maximum atomic E-state index is 11.8. The lowest BCUT2D eigenvalue weighted by Crippen LogP contribution is -2.40. The summed E-state index contributed by atoms with van der Waals surface area (Å²) in [5, 5.41) is 6.42. The number of nitrogens with two attached hydrogens (primary N) is 1. The molecule has 6 nitrogen and oxygen atoms in total. The van der Waals surface area contributed by atoms with Gasteiger partial charge < -0.3 is 15.6 Å². The SMILES string of the molecule is NC(=S)C1(C(=O)NCCc2ncon2)CC1. The van der Waals surface area contributed by atoms with E-state index >= 15 is 0 Å². The molecule has 0 atom stereocenters. The molecule has 1 saturated carbocycles. The summed E-state index contributed by atoms with van der Waals surface area (Å²) in [7, 11) is 0. The molecule has 1 amide bonds. The standard InChI is InChI=1S/C9H12N4O2S/c10-7(16)9(2-3-9)8(14)11-4-1-6-12-5-15-13-6/h5H,1-4H2,(H2,10,16)(H,11,14). The number of aromatic nitrogens is 2. The Morgan fingerprint density at radius 1 is 1.69 bits per heavy atom. The first-order chi connectivity index (χ1) is 7.65. The third-order valence-electron chi connectivity index (χ3n) is 2.70. The van der Waals surface area contributed by atoms with Crippen LogP contribution in [0.1, 0.15) is 18.7 Å². The average molecular weight is 240 g/mol. The maximum Gasteiger partial charge on any atom is 0.233 e. The van der Waals surface area contributed by atoms with Gasteiger partial charge in [0.1, 0.15) is 0 Å². The van der Waals surface area contributed by atoms with Gasteiger partial charge in [-0.1, -0.05) is 17.4 Å². The molecular weight excluding hydrogens is 228 g/mol. The van der Waals surface area contributed by atoms with Crippen molar-refractivity contribution >= 4 is 23.1 Å². The van der Waals surface area contributed by atoms with E-state index in [-0.39, 0.29) is 10.9 Å². The number of nitrogens with one attached hydrogen (secondary N) is 1. The summed E-state index contributed by atoms with van der Waals surface area (Å²) in [6.45, 7) is 0.461. The summed E-state index contributed by atoms with van der Waals surface area (Å²) in [5.74, 6) is 0.476. The first kappa shape index (κ1) is 11.0. The number of hydrogen-bond acceptors (Lipinski definition) is 5. The van der Waals surface area contributed by atoms with Gasteiger partial charge in [-0.05, 0) is 12.8 Å². The first-order valence-electron chi connectivity index (χ1n) is 4.98. The number of amides is 1. The second-order valence-electron chi connectivity index (χ2n) is 3.80. The highest BCUT2D eigenvalue weighted by atomic mass is 32.1. The van der Waals surface area contributed by atoms with E-state index in [4.69, 9.17) is 18.0 Å². The van der Waals surface area contributed by atoms with E-state index in [1.807, 2.05) is 0 Å². The smallest absolute Gasteiger partial charge is 0.233 e. The van der Waals surface area contributed by atoms with E-state index in [1.165, 1.54) is 6.39 Å². The fourth-order valence-corrected chi connectivity index (χ4v) is 1.77. The van der Waals surface area contributed by atoms with Gasteiger partial charge >= 0.3 is 0 Å². The average Bonchev–Trinajstić information content (AvgIpc) is 2.92. The predicted octanol–water partition coefficient (Wildman–Crippen LogP) is -0.205. The molecule has 0 unspecified atom stereocenters. The van der Waals surface area contributed by atoms with Crippen molar-refractivity contribution in [2.45, 2.75) is 19.3 Å². The number of hydrogen-bond donors (Lipinski definition) is 2. The zero-order valence-electron chi connectivity index (χ0n) is 8.60. The van der Waals surface area contributed by atoms with Crippen LogP contribution in [0.3, 0.4) is 0 Å². The minimum atomic E-state index is -0.591. The topological polar surface area (TPSA) is 94.0 Å². The predicted molar refractivity (Wildman–Crippen MR) is 59.5 cm³/mol. The van der Waals surface area contributed by atoms with Crippen LogP contribution in [-0.4, -0.2) is 27.6 Å². The maximum absolute atomic E-state index is 11.8. The van der Waals surface area contributed by atoms with Crippen LogP contribution in [-0.2, 0) is 11.2 Å². The van der Waals surface area contributed by atoms with Crippen LogP contribution >= 0.6 is 12.2 Å². The van der Waals surface area contributed by atoms with Crippen molar-refractivity contribution in [2.75, 3.05) is 6.54 Å². The molecule has 1 aromatic heterocycles. The van der Waals surface area contributed by atoms with Crippen molar-refractivity contribution in [3.8, 4) is 0 Å². The molecular formula is C9H12N4O2S. The normalized spacial score (nSPS) is 16.8. The van der Waals surface area contributed by atoms with Gasteiger partial charge in [0.2, 0.25) is 12.3 Å². The zero-order valence-corrected chi connectivity index (χ0v) is 9.42. The molecule has 2 rings (SSSR count). The molecule has 1 fully saturated rings. The second-order valence-corrected chi connectivity index (χ2v) is 4.24. The van der Waals surface area contributed by atoms with E-state index in [1.54, 1.807) is 0 Å². The Morgan fingerprint density at radius 2 is 2.44 bits per heavy atom. The lowest BCUT2D eigenvalue weighted by atomic mass is 10.1. The Kier molecular flexibility index (Phi) is 2.86. The van der Waals surface area contributed by atoms with Gasteiger partial charge in [0.15, 0.2) is 5.82 Å². The van der Waals surface area contributed by atoms with Crippen LogP contribution in [0.25, 0.3) is 0 Å².